The number of nitrogens with zero attached hydrogens (tertiary/aromatic N) is 3. The van der Waals surface area contributed by atoms with Gasteiger partial charge in [0.15, 0.2) is 5.16 Å². The first kappa shape index (κ1) is 18.2. The summed E-state index contributed by atoms with van der Waals surface area (Å²) in [6.45, 7) is 1.79. The lowest BCUT2D eigenvalue weighted by Crippen LogP contribution is -2.36. The predicted molar refractivity (Wildman–Crippen MR) is 86.3 cm³/mol. The monoisotopic (exact) mass is 376 g/mol. The van der Waals surface area contributed by atoms with Gasteiger partial charge in [-0.3, -0.25) is 4.79 Å². The van der Waals surface area contributed by atoms with Crippen molar-refractivity contribution in [2.24, 2.45) is 5.92 Å². The number of anilines is 1. The van der Waals surface area contributed by atoms with Crippen molar-refractivity contribution in [2.45, 2.75) is 30.2 Å². The molecule has 2 saturated heterocycles. The molecule has 1 aromatic heterocycles. The molecule has 2 aliphatic heterocycles. The number of thioether (sulfide) groups is 1. The fourth-order valence-corrected chi connectivity index (χ4v) is 3.51. The third-order valence-corrected chi connectivity index (χ3v) is 4.94. The number of halogens is 3. The van der Waals surface area contributed by atoms with E-state index in [1.165, 1.54) is 11.8 Å². The first-order valence-electron chi connectivity index (χ1n) is 8.00. The lowest BCUT2D eigenvalue weighted by molar-refractivity contribution is -0.137. The smallest absolute Gasteiger partial charge is 0.378 e. The maximum Gasteiger partial charge on any atom is 0.421 e. The Morgan fingerprint density at radius 1 is 1.44 bits per heavy atom. The quantitative estimate of drug-likeness (QED) is 0.467. The number of aromatic nitrogens is 2. The van der Waals surface area contributed by atoms with Gasteiger partial charge in [0, 0.05) is 19.3 Å². The fourth-order valence-electron chi connectivity index (χ4n) is 3.17. The molecule has 1 aromatic rings. The van der Waals surface area contributed by atoms with E-state index in [0.717, 1.165) is 12.6 Å². The Bertz CT molecular complexity index is 644. The minimum atomic E-state index is -4.52. The number of fused-ring (bicyclic) bond motifs is 2. The Labute approximate surface area is 147 Å². The molecule has 2 bridgehead atoms. The maximum absolute atomic E-state index is 13.0. The molecule has 0 aliphatic carbocycles. The number of amides is 1. The number of carbonyl (C=O) groups excluding carboxylic acids is 1. The van der Waals surface area contributed by atoms with Crippen molar-refractivity contribution in [1.82, 2.24) is 14.9 Å². The molecular formula is C15H19F3N4O2S. The van der Waals surface area contributed by atoms with Gasteiger partial charge < -0.3 is 15.0 Å². The molecule has 6 nitrogen and oxygen atoms in total. The third-order valence-electron chi connectivity index (χ3n) is 4.38. The number of hydrogen-bond donors (Lipinski definition) is 1. The second-order valence-corrected chi connectivity index (χ2v) is 6.83. The molecule has 2 unspecified atom stereocenters. The van der Waals surface area contributed by atoms with Gasteiger partial charge >= 0.3 is 6.18 Å². The van der Waals surface area contributed by atoms with Gasteiger partial charge in [0.2, 0.25) is 5.91 Å². The van der Waals surface area contributed by atoms with Gasteiger partial charge in [-0.2, -0.15) is 13.2 Å². The number of nitrogens with one attached hydrogen (secondary N) is 1. The summed E-state index contributed by atoms with van der Waals surface area (Å²) in [7, 11) is 0. The van der Waals surface area contributed by atoms with Crippen LogP contribution in [0.5, 0.6) is 0 Å². The summed E-state index contributed by atoms with van der Waals surface area (Å²) in [5.41, 5.74) is -0.883. The lowest BCUT2D eigenvalue weighted by Gasteiger charge is -2.24. The molecular weight excluding hydrogens is 357 g/mol. The van der Waals surface area contributed by atoms with E-state index in [-0.39, 0.29) is 35.4 Å². The van der Waals surface area contributed by atoms with E-state index in [4.69, 9.17) is 4.74 Å². The Morgan fingerprint density at radius 2 is 2.24 bits per heavy atom. The molecule has 0 spiro atoms. The van der Waals surface area contributed by atoms with Crippen molar-refractivity contribution in [3.8, 4) is 0 Å². The van der Waals surface area contributed by atoms with E-state index in [2.05, 4.69) is 15.3 Å². The van der Waals surface area contributed by atoms with Crippen LogP contribution in [0.2, 0.25) is 0 Å². The number of rotatable bonds is 6. The van der Waals surface area contributed by atoms with Crippen LogP contribution in [0.1, 0.15) is 18.4 Å². The summed E-state index contributed by atoms with van der Waals surface area (Å²) in [6.07, 6.45) is -0.673. The van der Waals surface area contributed by atoms with Crippen molar-refractivity contribution in [2.75, 3.05) is 37.9 Å². The lowest BCUT2D eigenvalue weighted by atomic mass is 10.0. The van der Waals surface area contributed by atoms with Crippen LogP contribution in [0.25, 0.3) is 0 Å². The number of carbonyl (C=O) groups is 1. The molecule has 1 N–H and O–H groups in total. The Balaban J connectivity index is 1.58. The number of hydrogen-bond acceptors (Lipinski definition) is 6. The number of ether oxygens (including phenoxy) is 1. The minimum absolute atomic E-state index is 0.0606. The highest BCUT2D eigenvalue weighted by atomic mass is 32.2. The maximum atomic E-state index is 13.0. The van der Waals surface area contributed by atoms with Crippen LogP contribution in [0.4, 0.5) is 19.0 Å². The van der Waals surface area contributed by atoms with Crippen molar-refractivity contribution < 1.29 is 22.7 Å². The van der Waals surface area contributed by atoms with Gasteiger partial charge in [-0.05, 0) is 19.1 Å². The van der Waals surface area contributed by atoms with Crippen molar-refractivity contribution in [3.05, 3.63) is 11.8 Å². The zero-order valence-electron chi connectivity index (χ0n) is 13.7. The van der Waals surface area contributed by atoms with Gasteiger partial charge in [-0.15, -0.1) is 0 Å². The van der Waals surface area contributed by atoms with E-state index in [9.17, 15) is 18.0 Å². The summed E-state index contributed by atoms with van der Waals surface area (Å²) in [6, 6.07) is 0.0964. The van der Waals surface area contributed by atoms with E-state index < -0.39 is 11.7 Å². The summed E-state index contributed by atoms with van der Waals surface area (Å²) in [5.74, 6) is -0.193. The summed E-state index contributed by atoms with van der Waals surface area (Å²) < 4.78 is 44.5. The Morgan fingerprint density at radius 3 is 2.92 bits per heavy atom. The first-order chi connectivity index (χ1) is 11.9. The van der Waals surface area contributed by atoms with Crippen LogP contribution >= 0.6 is 11.8 Å². The van der Waals surface area contributed by atoms with Gasteiger partial charge in [0.1, 0.15) is 11.4 Å². The van der Waals surface area contributed by atoms with Crippen LogP contribution in [0.3, 0.4) is 0 Å². The summed E-state index contributed by atoms with van der Waals surface area (Å²) in [5, 5.41) is 3.01. The Hall–Kier alpha value is -1.55. The number of likely N-dealkylation sites (tertiary alicyclic amines) is 1. The van der Waals surface area contributed by atoms with Crippen LogP contribution in [-0.2, 0) is 15.7 Å². The second-order valence-electron chi connectivity index (χ2n) is 6.05. The van der Waals surface area contributed by atoms with E-state index in [0.29, 0.717) is 26.2 Å². The summed E-state index contributed by atoms with van der Waals surface area (Å²) in [4.78, 5) is 21.6. The topological polar surface area (TPSA) is 67.4 Å². The molecule has 10 heteroatoms. The molecule has 1 amide bonds. The molecule has 0 aromatic carbocycles. The van der Waals surface area contributed by atoms with Crippen molar-refractivity contribution in [1.29, 1.82) is 0 Å². The Kier molecular flexibility index (Phi) is 5.38. The van der Waals surface area contributed by atoms with Crippen molar-refractivity contribution in [3.63, 3.8) is 0 Å². The molecule has 2 fully saturated rings. The second kappa shape index (κ2) is 7.36. The van der Waals surface area contributed by atoms with Crippen LogP contribution in [0, 0.1) is 5.92 Å². The van der Waals surface area contributed by atoms with Gasteiger partial charge in [0.25, 0.3) is 0 Å². The van der Waals surface area contributed by atoms with E-state index in [1.54, 1.807) is 11.2 Å². The molecule has 3 heterocycles. The van der Waals surface area contributed by atoms with Crippen molar-refractivity contribution >= 4 is 23.5 Å². The average molecular weight is 376 g/mol. The van der Waals surface area contributed by atoms with Crippen LogP contribution in [0.15, 0.2) is 11.4 Å². The molecule has 0 radical (unpaired) electrons. The zero-order chi connectivity index (χ0) is 18.0. The molecule has 2 aliphatic rings. The van der Waals surface area contributed by atoms with Crippen LogP contribution < -0.4 is 5.32 Å². The molecule has 25 heavy (non-hydrogen) atoms. The van der Waals surface area contributed by atoms with Crippen LogP contribution in [-0.4, -0.2) is 59.4 Å². The highest BCUT2D eigenvalue weighted by Gasteiger charge is 2.42. The zero-order valence-corrected chi connectivity index (χ0v) is 14.5. The molecule has 0 saturated carbocycles. The largest absolute Gasteiger partial charge is 0.421 e. The average Bonchev–Trinajstić information content (AvgIpc) is 2.80. The minimum Gasteiger partial charge on any atom is -0.378 e. The van der Waals surface area contributed by atoms with E-state index in [1.807, 2.05) is 0 Å². The normalized spacial score (nSPS) is 23.2. The third kappa shape index (κ3) is 4.00. The molecule has 2 atom stereocenters. The molecule has 138 valence electrons. The SMILES string of the molecule is CSc1ncc(C(F)(F)F)c(NCCCN2C(=O)C3COCC2C3)n1. The van der Waals surface area contributed by atoms with Gasteiger partial charge in [-0.1, -0.05) is 11.8 Å². The number of alkyl halides is 3. The first-order valence-corrected chi connectivity index (χ1v) is 9.23. The standard InChI is InChI=1S/C15H19F3N4O2S/c1-25-14-20-6-11(15(16,17)18)12(21-14)19-3-2-4-22-10-5-9(13(22)23)7-24-8-10/h6,9-10H,2-5,7-8H2,1H3,(H,19,20,21). The van der Waals surface area contributed by atoms with Gasteiger partial charge in [0.05, 0.1) is 25.2 Å². The predicted octanol–water partition coefficient (Wildman–Crippen LogP) is 2.27. The van der Waals surface area contributed by atoms with Gasteiger partial charge in [-0.25, -0.2) is 9.97 Å². The summed E-state index contributed by atoms with van der Waals surface area (Å²) >= 11 is 1.18. The fraction of sp³-hybridized carbons (Fsp3) is 0.667. The van der Waals surface area contributed by atoms with E-state index >= 15 is 0 Å². The molecule has 3 rings (SSSR count). The highest BCUT2D eigenvalue weighted by Crippen LogP contribution is 2.34. The highest BCUT2D eigenvalue weighted by molar-refractivity contribution is 7.98.